The van der Waals surface area contributed by atoms with E-state index in [1.54, 1.807) is 65.6 Å². The zero-order valence-electron chi connectivity index (χ0n) is 21.4. The number of hydrogen-bond donors (Lipinski definition) is 1. The van der Waals surface area contributed by atoms with Gasteiger partial charge in [0, 0.05) is 17.6 Å². The van der Waals surface area contributed by atoms with Crippen molar-refractivity contribution in [1.82, 2.24) is 14.7 Å². The van der Waals surface area contributed by atoms with Gasteiger partial charge in [-0.15, -0.1) is 0 Å². The second-order valence-electron chi connectivity index (χ2n) is 9.55. The predicted octanol–water partition coefficient (Wildman–Crippen LogP) is 5.40. The Morgan fingerprint density at radius 1 is 0.919 bits per heavy atom. The molecule has 3 aromatic carbocycles. The van der Waals surface area contributed by atoms with E-state index in [1.165, 1.54) is 4.68 Å². The van der Waals surface area contributed by atoms with Crippen molar-refractivity contribution < 1.29 is 14.3 Å². The Morgan fingerprint density at radius 2 is 1.54 bits per heavy atom. The number of rotatable bonds is 6. The van der Waals surface area contributed by atoms with Gasteiger partial charge in [0.25, 0.3) is 11.5 Å². The van der Waals surface area contributed by atoms with E-state index in [1.807, 2.05) is 45.9 Å². The average Bonchev–Trinajstić information content (AvgIpc) is 2.88. The molecule has 0 unspecified atom stereocenters. The van der Waals surface area contributed by atoms with Gasteiger partial charge >= 0.3 is 6.09 Å². The Labute approximate surface area is 215 Å². The van der Waals surface area contributed by atoms with Crippen LogP contribution in [0.5, 0.6) is 0 Å². The number of aromatic nitrogens is 2. The number of hydrogen-bond acceptors (Lipinski definition) is 5. The third-order valence-electron chi connectivity index (χ3n) is 5.68. The van der Waals surface area contributed by atoms with Crippen LogP contribution in [0, 0.1) is 0 Å². The van der Waals surface area contributed by atoms with Crippen LogP contribution in [-0.4, -0.2) is 38.8 Å². The standard InChI is InChI=1S/C29H30N4O4/c1-5-32(28(36)37-29(2,3)4)19-20-13-9-12-18-24(20)30-26(34)25-22-16-10-11-17-23(22)27(35)33(31-25)21-14-7-6-8-15-21/h6-18H,5,19H2,1-4H3,(H,30,34). The molecule has 0 saturated heterocycles. The molecule has 4 aromatic rings. The highest BCUT2D eigenvalue weighted by Crippen LogP contribution is 2.22. The molecule has 0 aliphatic carbocycles. The summed E-state index contributed by atoms with van der Waals surface area (Å²) in [5.74, 6) is -0.464. The third kappa shape index (κ3) is 5.86. The molecule has 0 aliphatic heterocycles. The maximum Gasteiger partial charge on any atom is 0.410 e. The monoisotopic (exact) mass is 498 g/mol. The molecule has 8 nitrogen and oxygen atoms in total. The van der Waals surface area contributed by atoms with Crippen molar-refractivity contribution in [2.75, 3.05) is 11.9 Å². The van der Waals surface area contributed by atoms with Gasteiger partial charge in [-0.25, -0.2) is 4.79 Å². The molecule has 1 heterocycles. The van der Waals surface area contributed by atoms with Crippen LogP contribution < -0.4 is 10.9 Å². The summed E-state index contributed by atoms with van der Waals surface area (Å²) >= 11 is 0. The van der Waals surface area contributed by atoms with E-state index in [0.29, 0.717) is 28.7 Å². The SMILES string of the molecule is CCN(Cc1ccccc1NC(=O)c1nn(-c2ccccc2)c(=O)c2ccccc12)C(=O)OC(C)(C)C. The normalized spacial score (nSPS) is 11.2. The van der Waals surface area contributed by atoms with Crippen LogP contribution in [0.3, 0.4) is 0 Å². The number of nitrogens with zero attached hydrogens (tertiary/aromatic N) is 3. The van der Waals surface area contributed by atoms with Gasteiger partial charge < -0.3 is 15.0 Å². The summed E-state index contributed by atoms with van der Waals surface area (Å²) in [7, 11) is 0. The lowest BCUT2D eigenvalue weighted by Gasteiger charge is -2.27. The first-order chi connectivity index (χ1) is 17.7. The third-order valence-corrected chi connectivity index (χ3v) is 5.68. The lowest BCUT2D eigenvalue weighted by molar-refractivity contribution is 0.0245. The molecule has 2 amide bonds. The van der Waals surface area contributed by atoms with Crippen LogP contribution >= 0.6 is 0 Å². The maximum atomic E-state index is 13.6. The quantitative estimate of drug-likeness (QED) is 0.384. The molecule has 0 radical (unpaired) electrons. The molecular formula is C29H30N4O4. The van der Waals surface area contributed by atoms with E-state index in [4.69, 9.17) is 4.74 Å². The number of anilines is 1. The van der Waals surface area contributed by atoms with Crippen molar-refractivity contribution in [3.05, 3.63) is 100 Å². The summed E-state index contributed by atoms with van der Waals surface area (Å²) in [5.41, 5.74) is 1.03. The molecule has 0 saturated carbocycles. The van der Waals surface area contributed by atoms with Crippen molar-refractivity contribution in [3.63, 3.8) is 0 Å². The number of para-hydroxylation sites is 2. The van der Waals surface area contributed by atoms with Crippen LogP contribution in [0.4, 0.5) is 10.5 Å². The Kier molecular flexibility index (Phi) is 7.38. The fourth-order valence-corrected chi connectivity index (χ4v) is 3.90. The highest BCUT2D eigenvalue weighted by Gasteiger charge is 2.23. The van der Waals surface area contributed by atoms with Gasteiger partial charge in [-0.1, -0.05) is 54.6 Å². The van der Waals surface area contributed by atoms with Gasteiger partial charge in [0.1, 0.15) is 5.60 Å². The van der Waals surface area contributed by atoms with Crippen LogP contribution in [0.15, 0.2) is 83.7 Å². The molecule has 0 fully saturated rings. The van der Waals surface area contributed by atoms with Gasteiger partial charge in [0.05, 0.1) is 17.6 Å². The summed E-state index contributed by atoms with van der Waals surface area (Å²) in [6, 6.07) is 23.2. The molecule has 37 heavy (non-hydrogen) atoms. The van der Waals surface area contributed by atoms with E-state index in [9.17, 15) is 14.4 Å². The number of fused-ring (bicyclic) bond motifs is 1. The summed E-state index contributed by atoms with van der Waals surface area (Å²) in [5, 5.41) is 8.24. The van der Waals surface area contributed by atoms with Crippen molar-refractivity contribution in [2.45, 2.75) is 39.8 Å². The number of amides is 2. The molecule has 0 spiro atoms. The maximum absolute atomic E-state index is 13.6. The summed E-state index contributed by atoms with van der Waals surface area (Å²) in [6.07, 6.45) is -0.432. The van der Waals surface area contributed by atoms with E-state index in [-0.39, 0.29) is 17.8 Å². The smallest absolute Gasteiger partial charge is 0.410 e. The Morgan fingerprint density at radius 3 is 2.22 bits per heavy atom. The highest BCUT2D eigenvalue weighted by molar-refractivity contribution is 6.11. The summed E-state index contributed by atoms with van der Waals surface area (Å²) in [6.45, 7) is 8.01. The van der Waals surface area contributed by atoms with Gasteiger partial charge in [0.2, 0.25) is 0 Å². The molecule has 190 valence electrons. The van der Waals surface area contributed by atoms with Crippen LogP contribution in [0.25, 0.3) is 16.5 Å². The zero-order chi connectivity index (χ0) is 26.6. The fraction of sp³-hybridized carbons (Fsp3) is 0.241. The Hall–Kier alpha value is -4.46. The minimum absolute atomic E-state index is 0.119. The first-order valence-corrected chi connectivity index (χ1v) is 12.1. The first-order valence-electron chi connectivity index (χ1n) is 12.1. The average molecular weight is 499 g/mol. The van der Waals surface area contributed by atoms with Crippen LogP contribution in [-0.2, 0) is 11.3 Å². The van der Waals surface area contributed by atoms with Crippen molar-refractivity contribution in [3.8, 4) is 5.69 Å². The van der Waals surface area contributed by atoms with Crippen LogP contribution in [0.1, 0.15) is 43.7 Å². The second kappa shape index (κ2) is 10.7. The minimum Gasteiger partial charge on any atom is -0.444 e. The van der Waals surface area contributed by atoms with E-state index >= 15 is 0 Å². The molecule has 1 N–H and O–H groups in total. The van der Waals surface area contributed by atoms with E-state index < -0.39 is 17.6 Å². The molecule has 1 aromatic heterocycles. The number of carbonyl (C=O) groups excluding carboxylic acids is 2. The molecule has 4 rings (SSSR count). The fourth-order valence-electron chi connectivity index (χ4n) is 3.90. The number of ether oxygens (including phenoxy) is 1. The predicted molar refractivity (Wildman–Crippen MR) is 144 cm³/mol. The Bertz CT molecular complexity index is 1490. The van der Waals surface area contributed by atoms with E-state index in [0.717, 1.165) is 5.56 Å². The lowest BCUT2D eigenvalue weighted by atomic mass is 10.1. The second-order valence-corrected chi connectivity index (χ2v) is 9.55. The molecular weight excluding hydrogens is 468 g/mol. The number of carbonyl (C=O) groups is 2. The molecule has 8 heteroatoms. The molecule has 0 bridgehead atoms. The van der Waals surface area contributed by atoms with Crippen molar-refractivity contribution in [2.24, 2.45) is 0 Å². The van der Waals surface area contributed by atoms with E-state index in [2.05, 4.69) is 10.4 Å². The number of benzene rings is 3. The van der Waals surface area contributed by atoms with Crippen molar-refractivity contribution >= 4 is 28.5 Å². The first kappa shape index (κ1) is 25.6. The zero-order valence-corrected chi connectivity index (χ0v) is 21.4. The summed E-state index contributed by atoms with van der Waals surface area (Å²) in [4.78, 5) is 41.0. The molecule has 0 aliphatic rings. The van der Waals surface area contributed by atoms with Gasteiger partial charge in [-0.05, 0) is 57.5 Å². The Balaban J connectivity index is 1.69. The highest BCUT2D eigenvalue weighted by atomic mass is 16.6. The van der Waals surface area contributed by atoms with Gasteiger partial charge in [-0.3, -0.25) is 9.59 Å². The summed E-state index contributed by atoms with van der Waals surface area (Å²) < 4.78 is 6.77. The van der Waals surface area contributed by atoms with Crippen molar-refractivity contribution in [1.29, 1.82) is 0 Å². The van der Waals surface area contributed by atoms with Gasteiger partial charge in [-0.2, -0.15) is 9.78 Å². The number of nitrogens with one attached hydrogen (secondary N) is 1. The topological polar surface area (TPSA) is 93.5 Å². The minimum atomic E-state index is -0.618. The largest absolute Gasteiger partial charge is 0.444 e. The molecule has 0 atom stereocenters. The lowest BCUT2D eigenvalue weighted by Crippen LogP contribution is -2.36. The van der Waals surface area contributed by atoms with Crippen LogP contribution in [0.2, 0.25) is 0 Å². The van der Waals surface area contributed by atoms with Gasteiger partial charge in [0.15, 0.2) is 5.69 Å².